The second-order valence-electron chi connectivity index (χ2n) is 11.0. The zero-order valence-electron chi connectivity index (χ0n) is 24.6. The molecule has 8 heteroatoms. The van der Waals surface area contributed by atoms with Crippen LogP contribution >= 0.6 is 0 Å². The van der Waals surface area contributed by atoms with Gasteiger partial charge in [0.2, 0.25) is 6.79 Å². The predicted octanol–water partition coefficient (Wildman–Crippen LogP) is 8.97. The molecule has 5 nitrogen and oxygen atoms in total. The number of aromatic nitrogens is 2. The molecule has 1 aliphatic heterocycles. The second kappa shape index (κ2) is 13.0. The van der Waals surface area contributed by atoms with Gasteiger partial charge in [0.1, 0.15) is 5.82 Å². The Morgan fingerprint density at radius 1 is 0.750 bits per heavy atom. The lowest BCUT2D eigenvalue weighted by Gasteiger charge is -2.25. The number of benzene rings is 4. The number of imidazole rings is 1. The summed E-state index contributed by atoms with van der Waals surface area (Å²) in [5, 5.41) is 0. The molecule has 6 rings (SSSR count). The van der Waals surface area contributed by atoms with Crippen molar-refractivity contribution in [3.05, 3.63) is 126 Å². The van der Waals surface area contributed by atoms with E-state index in [4.69, 9.17) is 14.5 Å². The van der Waals surface area contributed by atoms with Gasteiger partial charge in [0.05, 0.1) is 17.0 Å². The van der Waals surface area contributed by atoms with E-state index < -0.39 is 11.7 Å². The van der Waals surface area contributed by atoms with E-state index in [1.165, 1.54) is 12.1 Å². The average molecular weight is 598 g/mol. The molecule has 0 atom stereocenters. The lowest BCUT2D eigenvalue weighted by atomic mass is 10.1. The summed E-state index contributed by atoms with van der Waals surface area (Å²) in [5.74, 6) is 2.25. The third-order valence-electron chi connectivity index (χ3n) is 7.76. The van der Waals surface area contributed by atoms with Crippen LogP contribution in [0.25, 0.3) is 22.6 Å². The number of fused-ring (bicyclic) bond motifs is 1. The van der Waals surface area contributed by atoms with E-state index in [1.54, 1.807) is 6.07 Å². The van der Waals surface area contributed by atoms with Gasteiger partial charge < -0.3 is 14.0 Å². The first-order chi connectivity index (χ1) is 21.4. The highest BCUT2D eigenvalue weighted by atomic mass is 19.4. The molecule has 1 aliphatic rings. The number of ether oxygens (including phenoxy) is 2. The average Bonchev–Trinajstić information content (AvgIpc) is 3.65. The van der Waals surface area contributed by atoms with Crippen LogP contribution in [0, 0.1) is 0 Å². The molecular weight excluding hydrogens is 563 g/mol. The number of halogens is 3. The third-order valence-corrected chi connectivity index (χ3v) is 7.76. The van der Waals surface area contributed by atoms with Crippen molar-refractivity contribution in [2.75, 3.05) is 6.79 Å². The van der Waals surface area contributed by atoms with Gasteiger partial charge in [0, 0.05) is 37.3 Å². The highest BCUT2D eigenvalue weighted by Gasteiger charge is 2.30. The first-order valence-corrected chi connectivity index (χ1v) is 14.9. The molecular formula is C36H34F3N3O2. The fraction of sp³-hybridized carbons (Fsp3) is 0.250. The highest BCUT2D eigenvalue weighted by Crippen LogP contribution is 2.35. The van der Waals surface area contributed by atoms with Gasteiger partial charge in [0.15, 0.2) is 11.5 Å². The second-order valence-corrected chi connectivity index (χ2v) is 11.0. The van der Waals surface area contributed by atoms with Crippen molar-refractivity contribution in [2.24, 2.45) is 0 Å². The van der Waals surface area contributed by atoms with E-state index in [0.717, 1.165) is 59.4 Å². The fourth-order valence-electron chi connectivity index (χ4n) is 5.62. The normalized spacial score (nSPS) is 12.7. The maximum absolute atomic E-state index is 13.7. The van der Waals surface area contributed by atoms with Gasteiger partial charge in [-0.25, -0.2) is 4.98 Å². The summed E-state index contributed by atoms with van der Waals surface area (Å²) in [4.78, 5) is 7.39. The number of rotatable bonds is 11. The number of nitrogens with zero attached hydrogens (tertiary/aromatic N) is 3. The molecule has 0 amide bonds. The van der Waals surface area contributed by atoms with Crippen LogP contribution in [0.1, 0.15) is 42.1 Å². The van der Waals surface area contributed by atoms with Gasteiger partial charge in [0.25, 0.3) is 0 Å². The largest absolute Gasteiger partial charge is 0.454 e. The standard InChI is InChI=1S/C36H34F3N3O2/c1-2-3-19-42-31(34(28-12-6-4-7-13-28)40-35(42)29-14-8-5-9-15-29)24-41(22-26-11-10-16-30(20-26)36(37,38)39)23-27-17-18-32-33(21-27)44-25-43-32/h4-18,20-21H,2-3,19,22-25H2,1H3. The van der Waals surface area contributed by atoms with Gasteiger partial charge in [-0.1, -0.05) is 98.3 Å². The van der Waals surface area contributed by atoms with Crippen molar-refractivity contribution in [3.63, 3.8) is 0 Å². The molecule has 0 bridgehead atoms. The molecule has 0 spiro atoms. The topological polar surface area (TPSA) is 39.5 Å². The fourth-order valence-corrected chi connectivity index (χ4v) is 5.62. The van der Waals surface area contributed by atoms with Crippen LogP contribution < -0.4 is 9.47 Å². The quantitative estimate of drug-likeness (QED) is 0.152. The summed E-state index contributed by atoms with van der Waals surface area (Å²) < 4.78 is 54.4. The Morgan fingerprint density at radius 2 is 1.43 bits per heavy atom. The molecule has 226 valence electrons. The van der Waals surface area contributed by atoms with Gasteiger partial charge >= 0.3 is 6.18 Å². The van der Waals surface area contributed by atoms with E-state index >= 15 is 0 Å². The Labute approximate surface area is 255 Å². The van der Waals surface area contributed by atoms with Crippen molar-refractivity contribution < 1.29 is 22.6 Å². The maximum atomic E-state index is 13.7. The van der Waals surface area contributed by atoms with E-state index in [0.29, 0.717) is 36.7 Å². The number of unbranched alkanes of at least 4 members (excludes halogenated alkanes) is 1. The molecule has 44 heavy (non-hydrogen) atoms. The van der Waals surface area contributed by atoms with Gasteiger partial charge in [-0.05, 0) is 35.7 Å². The zero-order valence-corrected chi connectivity index (χ0v) is 24.6. The summed E-state index contributed by atoms with van der Waals surface area (Å²) in [6.45, 7) is 4.38. The summed E-state index contributed by atoms with van der Waals surface area (Å²) >= 11 is 0. The van der Waals surface area contributed by atoms with Crippen LogP contribution in [0.5, 0.6) is 11.5 Å². The summed E-state index contributed by atoms with van der Waals surface area (Å²) in [7, 11) is 0. The Morgan fingerprint density at radius 3 is 2.14 bits per heavy atom. The Balaban J connectivity index is 1.44. The SMILES string of the molecule is CCCCn1c(-c2ccccc2)nc(-c2ccccc2)c1CN(Cc1cccc(C(F)(F)F)c1)Cc1ccc2c(c1)OCO2. The van der Waals surface area contributed by atoms with Gasteiger partial charge in [-0.3, -0.25) is 4.90 Å². The molecule has 1 aromatic heterocycles. The molecule has 0 unspecified atom stereocenters. The van der Waals surface area contributed by atoms with Crippen LogP contribution in [0.4, 0.5) is 13.2 Å². The molecule has 0 saturated carbocycles. The minimum atomic E-state index is -4.41. The molecule has 4 aromatic carbocycles. The summed E-state index contributed by atoms with van der Waals surface area (Å²) in [5.41, 5.74) is 4.83. The van der Waals surface area contributed by atoms with E-state index in [-0.39, 0.29) is 6.79 Å². The molecule has 5 aromatic rings. The van der Waals surface area contributed by atoms with Crippen LogP contribution in [0.3, 0.4) is 0 Å². The van der Waals surface area contributed by atoms with Crippen molar-refractivity contribution in [3.8, 4) is 34.1 Å². The molecule has 0 aliphatic carbocycles. The predicted molar refractivity (Wildman–Crippen MR) is 165 cm³/mol. The van der Waals surface area contributed by atoms with Gasteiger partial charge in [-0.2, -0.15) is 13.2 Å². The smallest absolute Gasteiger partial charge is 0.416 e. The monoisotopic (exact) mass is 597 g/mol. The van der Waals surface area contributed by atoms with E-state index in [2.05, 4.69) is 40.7 Å². The third kappa shape index (κ3) is 6.65. The Kier molecular flexibility index (Phi) is 8.70. The first-order valence-electron chi connectivity index (χ1n) is 14.9. The lowest BCUT2D eigenvalue weighted by Crippen LogP contribution is -2.25. The molecule has 0 radical (unpaired) electrons. The highest BCUT2D eigenvalue weighted by molar-refractivity contribution is 5.68. The Hall–Kier alpha value is -4.56. The van der Waals surface area contributed by atoms with Crippen molar-refractivity contribution in [1.29, 1.82) is 0 Å². The molecule has 0 saturated heterocycles. The lowest BCUT2D eigenvalue weighted by molar-refractivity contribution is -0.137. The van der Waals surface area contributed by atoms with E-state index in [9.17, 15) is 13.2 Å². The van der Waals surface area contributed by atoms with Crippen LogP contribution in [0.15, 0.2) is 103 Å². The molecule has 0 fully saturated rings. The minimum absolute atomic E-state index is 0.173. The number of alkyl halides is 3. The van der Waals surface area contributed by atoms with Crippen LogP contribution in [-0.4, -0.2) is 21.2 Å². The van der Waals surface area contributed by atoms with Crippen LogP contribution in [0.2, 0.25) is 0 Å². The van der Waals surface area contributed by atoms with Crippen molar-refractivity contribution in [1.82, 2.24) is 14.5 Å². The van der Waals surface area contributed by atoms with Crippen molar-refractivity contribution in [2.45, 2.75) is 52.1 Å². The number of hydrogen-bond acceptors (Lipinski definition) is 4. The summed E-state index contributed by atoms with van der Waals surface area (Å²) in [6.07, 6.45) is -2.44. The Bertz CT molecular complexity index is 1700. The summed E-state index contributed by atoms with van der Waals surface area (Å²) in [6, 6.07) is 31.6. The maximum Gasteiger partial charge on any atom is 0.416 e. The minimum Gasteiger partial charge on any atom is -0.454 e. The molecule has 2 heterocycles. The zero-order chi connectivity index (χ0) is 30.5. The van der Waals surface area contributed by atoms with Crippen molar-refractivity contribution >= 4 is 0 Å². The first kappa shape index (κ1) is 29.5. The van der Waals surface area contributed by atoms with E-state index in [1.807, 2.05) is 54.6 Å². The van der Waals surface area contributed by atoms with Gasteiger partial charge in [-0.15, -0.1) is 0 Å². The van der Waals surface area contributed by atoms with Crippen LogP contribution in [-0.2, 0) is 32.4 Å². The molecule has 0 N–H and O–H groups in total. The number of hydrogen-bond donors (Lipinski definition) is 0.